The van der Waals surface area contributed by atoms with Gasteiger partial charge in [0.05, 0.1) is 5.75 Å². The molecular formula is C18H26N2O5S. The lowest BCUT2D eigenvalue weighted by atomic mass is 10.00. The summed E-state index contributed by atoms with van der Waals surface area (Å²) in [7, 11) is -3.76. The molecule has 1 aromatic carbocycles. The number of carboxylic acids is 1. The Morgan fingerprint density at radius 3 is 2.58 bits per heavy atom. The van der Waals surface area contributed by atoms with Crippen LogP contribution < -0.4 is 4.72 Å². The van der Waals surface area contributed by atoms with Gasteiger partial charge >= 0.3 is 5.97 Å². The molecule has 0 bridgehead atoms. The maximum absolute atomic E-state index is 12.4. The summed E-state index contributed by atoms with van der Waals surface area (Å²) in [5.74, 6) is -1.45. The van der Waals surface area contributed by atoms with Crippen LogP contribution in [0, 0.1) is 0 Å². The van der Waals surface area contributed by atoms with Gasteiger partial charge in [-0.2, -0.15) is 0 Å². The Bertz CT molecular complexity index is 720. The van der Waals surface area contributed by atoms with E-state index in [9.17, 15) is 23.1 Å². The summed E-state index contributed by atoms with van der Waals surface area (Å²) in [6.07, 6.45) is 3.07. The van der Waals surface area contributed by atoms with Crippen molar-refractivity contribution in [2.24, 2.45) is 0 Å². The summed E-state index contributed by atoms with van der Waals surface area (Å²) in [5, 5.41) is 9.35. The quantitative estimate of drug-likeness (QED) is 0.707. The van der Waals surface area contributed by atoms with Gasteiger partial charge in [-0.3, -0.25) is 9.59 Å². The molecule has 8 heteroatoms. The van der Waals surface area contributed by atoms with Crippen LogP contribution >= 0.6 is 0 Å². The lowest BCUT2D eigenvalue weighted by molar-refractivity contribution is -0.139. The van der Waals surface area contributed by atoms with E-state index in [1.807, 2.05) is 6.07 Å². The maximum Gasteiger partial charge on any atom is 0.322 e. The molecule has 1 heterocycles. The number of likely N-dealkylation sites (tertiary alicyclic amines) is 1. The average Bonchev–Trinajstić information content (AvgIpc) is 2.60. The second kappa shape index (κ2) is 9.14. The van der Waals surface area contributed by atoms with E-state index in [0.29, 0.717) is 13.0 Å². The fourth-order valence-corrected chi connectivity index (χ4v) is 4.63. The Kier molecular flexibility index (Phi) is 7.16. The maximum atomic E-state index is 12.4. The van der Waals surface area contributed by atoms with Crippen molar-refractivity contribution in [3.8, 4) is 0 Å². The first-order valence-electron chi connectivity index (χ1n) is 8.82. The van der Waals surface area contributed by atoms with Crippen molar-refractivity contribution in [3.05, 3.63) is 35.9 Å². The smallest absolute Gasteiger partial charge is 0.322 e. The van der Waals surface area contributed by atoms with E-state index in [-0.39, 0.29) is 24.1 Å². The molecule has 0 radical (unpaired) electrons. The molecule has 0 aromatic heterocycles. The molecule has 0 saturated carbocycles. The lowest BCUT2D eigenvalue weighted by Gasteiger charge is -2.35. The number of amides is 1. The number of carboxylic acid groups (broad SMARTS) is 1. The average molecular weight is 382 g/mol. The van der Waals surface area contributed by atoms with Crippen molar-refractivity contribution in [1.82, 2.24) is 9.62 Å². The van der Waals surface area contributed by atoms with Gasteiger partial charge in [0.2, 0.25) is 15.9 Å². The second-order valence-corrected chi connectivity index (χ2v) is 8.54. The molecular weight excluding hydrogens is 356 g/mol. The number of hydrogen-bond acceptors (Lipinski definition) is 4. The molecule has 1 unspecified atom stereocenters. The molecule has 1 amide bonds. The van der Waals surface area contributed by atoms with Crippen LogP contribution in [0.5, 0.6) is 0 Å². The SMILES string of the molecule is CC(=O)N1CCCCC1CCS(=O)(=O)N[C@H](Cc1ccccc1)C(=O)O. The van der Waals surface area contributed by atoms with Gasteiger partial charge in [-0.15, -0.1) is 0 Å². The van der Waals surface area contributed by atoms with E-state index < -0.39 is 22.0 Å². The third-order valence-corrected chi connectivity index (χ3v) is 6.07. The number of carbonyl (C=O) groups excluding carboxylic acids is 1. The highest BCUT2D eigenvalue weighted by Gasteiger charge is 2.28. The van der Waals surface area contributed by atoms with Gasteiger partial charge in [0.15, 0.2) is 0 Å². The Labute approximate surface area is 154 Å². The highest BCUT2D eigenvalue weighted by molar-refractivity contribution is 7.89. The Hall–Kier alpha value is -1.93. The van der Waals surface area contributed by atoms with Gasteiger partial charge in [0.25, 0.3) is 0 Å². The Morgan fingerprint density at radius 1 is 1.27 bits per heavy atom. The van der Waals surface area contributed by atoms with Gasteiger partial charge < -0.3 is 10.0 Å². The highest BCUT2D eigenvalue weighted by Crippen LogP contribution is 2.20. The van der Waals surface area contributed by atoms with Crippen LogP contribution in [0.1, 0.15) is 38.2 Å². The van der Waals surface area contributed by atoms with E-state index in [0.717, 1.165) is 24.8 Å². The normalized spacial score (nSPS) is 19.1. The van der Waals surface area contributed by atoms with Gasteiger partial charge in [-0.1, -0.05) is 30.3 Å². The number of rotatable bonds is 8. The molecule has 2 rings (SSSR count). The van der Waals surface area contributed by atoms with Crippen molar-refractivity contribution in [2.45, 2.75) is 51.1 Å². The molecule has 2 N–H and O–H groups in total. The van der Waals surface area contributed by atoms with Crippen LogP contribution in [0.15, 0.2) is 30.3 Å². The van der Waals surface area contributed by atoms with Crippen LogP contribution in [-0.2, 0) is 26.0 Å². The van der Waals surface area contributed by atoms with Crippen LogP contribution in [0.2, 0.25) is 0 Å². The first-order chi connectivity index (χ1) is 12.3. The third kappa shape index (κ3) is 6.10. The zero-order valence-corrected chi connectivity index (χ0v) is 15.7. The van der Waals surface area contributed by atoms with Crippen molar-refractivity contribution >= 4 is 21.9 Å². The van der Waals surface area contributed by atoms with Gasteiger partial charge in [-0.05, 0) is 37.7 Å². The predicted molar refractivity (Wildman–Crippen MR) is 98.1 cm³/mol. The van der Waals surface area contributed by atoms with E-state index in [2.05, 4.69) is 4.72 Å². The number of nitrogens with one attached hydrogen (secondary N) is 1. The van der Waals surface area contributed by atoms with Gasteiger partial charge in [0, 0.05) is 19.5 Å². The molecule has 0 aliphatic carbocycles. The first-order valence-corrected chi connectivity index (χ1v) is 10.5. The molecule has 1 aliphatic rings. The molecule has 1 fully saturated rings. The number of benzene rings is 1. The summed E-state index contributed by atoms with van der Waals surface area (Å²) in [4.78, 5) is 24.9. The third-order valence-electron chi connectivity index (χ3n) is 4.65. The minimum Gasteiger partial charge on any atom is -0.480 e. The topological polar surface area (TPSA) is 104 Å². The molecule has 1 saturated heterocycles. The summed E-state index contributed by atoms with van der Waals surface area (Å²) in [5.41, 5.74) is 0.748. The lowest BCUT2D eigenvalue weighted by Crippen LogP contribution is -2.46. The van der Waals surface area contributed by atoms with Crippen molar-refractivity contribution in [2.75, 3.05) is 12.3 Å². The molecule has 2 atom stereocenters. The Morgan fingerprint density at radius 2 is 1.96 bits per heavy atom. The number of carbonyl (C=O) groups is 2. The monoisotopic (exact) mass is 382 g/mol. The fourth-order valence-electron chi connectivity index (χ4n) is 3.31. The van der Waals surface area contributed by atoms with Crippen LogP contribution in [0.25, 0.3) is 0 Å². The van der Waals surface area contributed by atoms with E-state index in [1.54, 1.807) is 29.2 Å². The largest absolute Gasteiger partial charge is 0.480 e. The molecule has 0 spiro atoms. The van der Waals surface area contributed by atoms with Crippen molar-refractivity contribution in [3.63, 3.8) is 0 Å². The molecule has 26 heavy (non-hydrogen) atoms. The van der Waals surface area contributed by atoms with Gasteiger partial charge in [-0.25, -0.2) is 13.1 Å². The van der Waals surface area contributed by atoms with Crippen LogP contribution in [-0.4, -0.2) is 54.7 Å². The van der Waals surface area contributed by atoms with Crippen LogP contribution in [0.3, 0.4) is 0 Å². The van der Waals surface area contributed by atoms with E-state index in [1.165, 1.54) is 6.92 Å². The molecule has 144 valence electrons. The minimum absolute atomic E-state index is 0.0486. The zero-order chi connectivity index (χ0) is 19.2. The highest BCUT2D eigenvalue weighted by atomic mass is 32.2. The summed E-state index contributed by atoms with van der Waals surface area (Å²) >= 11 is 0. The molecule has 1 aliphatic heterocycles. The van der Waals surface area contributed by atoms with E-state index >= 15 is 0 Å². The molecule has 1 aromatic rings. The zero-order valence-electron chi connectivity index (χ0n) is 14.9. The number of piperidine rings is 1. The number of nitrogens with zero attached hydrogens (tertiary/aromatic N) is 1. The Balaban J connectivity index is 1.97. The minimum atomic E-state index is -3.76. The van der Waals surface area contributed by atoms with Crippen molar-refractivity contribution < 1.29 is 23.1 Å². The first kappa shape index (κ1) is 20.4. The second-order valence-electron chi connectivity index (χ2n) is 6.67. The van der Waals surface area contributed by atoms with Gasteiger partial charge in [0.1, 0.15) is 6.04 Å². The summed E-state index contributed by atoms with van der Waals surface area (Å²) < 4.78 is 27.0. The number of aliphatic carboxylic acids is 1. The molecule has 7 nitrogen and oxygen atoms in total. The number of hydrogen-bond donors (Lipinski definition) is 2. The van der Waals surface area contributed by atoms with Crippen molar-refractivity contribution in [1.29, 1.82) is 0 Å². The van der Waals surface area contributed by atoms with E-state index in [4.69, 9.17) is 0 Å². The summed E-state index contributed by atoms with van der Waals surface area (Å²) in [6.45, 7) is 2.14. The standard InChI is InChI=1S/C18H26N2O5S/c1-14(21)20-11-6-5-9-16(20)10-12-26(24,25)19-17(18(22)23)13-15-7-3-2-4-8-15/h2-4,7-8,16-17,19H,5-6,9-13H2,1H3,(H,22,23)/t16?,17-/m1/s1. The number of sulfonamides is 1. The summed E-state index contributed by atoms with van der Waals surface area (Å²) in [6, 6.07) is 7.58. The fraction of sp³-hybridized carbons (Fsp3) is 0.556. The predicted octanol–water partition coefficient (Wildman–Crippen LogP) is 1.39. The van der Waals surface area contributed by atoms with Crippen LogP contribution in [0.4, 0.5) is 0 Å².